The van der Waals surface area contributed by atoms with Crippen molar-refractivity contribution in [2.75, 3.05) is 14.2 Å². The van der Waals surface area contributed by atoms with Gasteiger partial charge in [-0.3, -0.25) is 10.6 Å². The second kappa shape index (κ2) is 4.74. The maximum absolute atomic E-state index is 9.11. The molecule has 0 bridgehead atoms. The van der Waals surface area contributed by atoms with Gasteiger partial charge in [-0.1, -0.05) is 30.3 Å². The standard InChI is InChI=1S/C10H14N2O2/c1-12(13)10(11)9(14-2)8-6-4-3-5-7-8/h3-7,9,11,13H,1-2H3. The number of nitrogens with zero attached hydrogens (tertiary/aromatic N) is 1. The molecular formula is C10H14N2O2. The minimum absolute atomic E-state index is 0.0127. The first-order chi connectivity index (χ1) is 6.66. The SMILES string of the molecule is COC(C(=N)N(C)O)c1ccccc1. The molecule has 0 aromatic heterocycles. The Labute approximate surface area is 83.2 Å². The molecule has 1 aromatic carbocycles. The Kier molecular flexibility index (Phi) is 3.62. The van der Waals surface area contributed by atoms with Crippen LogP contribution >= 0.6 is 0 Å². The van der Waals surface area contributed by atoms with Gasteiger partial charge in [-0.2, -0.15) is 0 Å². The molecule has 0 amide bonds. The van der Waals surface area contributed by atoms with E-state index in [2.05, 4.69) is 0 Å². The minimum Gasteiger partial charge on any atom is -0.369 e. The summed E-state index contributed by atoms with van der Waals surface area (Å²) in [5.74, 6) is 0.0127. The van der Waals surface area contributed by atoms with Crippen molar-refractivity contribution in [2.24, 2.45) is 0 Å². The molecule has 1 atom stereocenters. The lowest BCUT2D eigenvalue weighted by molar-refractivity contribution is -0.00525. The number of rotatable bonds is 3. The fourth-order valence-electron chi connectivity index (χ4n) is 1.20. The number of nitrogens with one attached hydrogen (secondary N) is 1. The van der Waals surface area contributed by atoms with E-state index in [0.29, 0.717) is 0 Å². The molecule has 0 saturated carbocycles. The lowest BCUT2D eigenvalue weighted by Crippen LogP contribution is -2.29. The number of benzene rings is 1. The summed E-state index contributed by atoms with van der Waals surface area (Å²) in [5, 5.41) is 17.5. The molecule has 0 saturated heterocycles. The average Bonchev–Trinajstić information content (AvgIpc) is 2.20. The second-order valence-corrected chi connectivity index (χ2v) is 2.94. The van der Waals surface area contributed by atoms with Crippen molar-refractivity contribution in [3.63, 3.8) is 0 Å². The summed E-state index contributed by atoms with van der Waals surface area (Å²) in [6.07, 6.45) is -0.522. The predicted molar refractivity (Wildman–Crippen MR) is 53.5 cm³/mol. The third-order valence-electron chi connectivity index (χ3n) is 1.94. The summed E-state index contributed by atoms with van der Waals surface area (Å²) in [6.45, 7) is 0. The maximum Gasteiger partial charge on any atom is 0.154 e. The van der Waals surface area contributed by atoms with Gasteiger partial charge in [0.05, 0.1) is 0 Å². The van der Waals surface area contributed by atoms with Crippen molar-refractivity contribution in [3.8, 4) is 0 Å². The average molecular weight is 194 g/mol. The van der Waals surface area contributed by atoms with E-state index in [9.17, 15) is 0 Å². The monoisotopic (exact) mass is 194 g/mol. The number of ether oxygens (including phenoxy) is 1. The van der Waals surface area contributed by atoms with Gasteiger partial charge in [0, 0.05) is 14.2 Å². The number of hydrogen-bond donors (Lipinski definition) is 2. The summed E-state index contributed by atoms with van der Waals surface area (Å²) in [6, 6.07) is 9.33. The van der Waals surface area contributed by atoms with Gasteiger partial charge in [-0.25, -0.2) is 5.06 Å². The molecule has 0 aliphatic heterocycles. The highest BCUT2D eigenvalue weighted by atomic mass is 16.5. The van der Waals surface area contributed by atoms with Crippen LogP contribution in [-0.2, 0) is 4.74 Å². The molecule has 4 heteroatoms. The Balaban J connectivity index is 2.88. The molecule has 1 aromatic rings. The van der Waals surface area contributed by atoms with E-state index in [4.69, 9.17) is 15.4 Å². The largest absolute Gasteiger partial charge is 0.369 e. The lowest BCUT2D eigenvalue weighted by Gasteiger charge is -2.20. The zero-order valence-electron chi connectivity index (χ0n) is 8.27. The minimum atomic E-state index is -0.522. The molecular weight excluding hydrogens is 180 g/mol. The van der Waals surface area contributed by atoms with Gasteiger partial charge < -0.3 is 4.74 Å². The Hall–Kier alpha value is -1.39. The van der Waals surface area contributed by atoms with Gasteiger partial charge in [0.1, 0.15) is 6.10 Å². The molecule has 0 aliphatic rings. The van der Waals surface area contributed by atoms with Crippen LogP contribution in [0, 0.1) is 5.41 Å². The highest BCUT2D eigenvalue weighted by molar-refractivity contribution is 5.83. The van der Waals surface area contributed by atoms with Crippen LogP contribution in [0.25, 0.3) is 0 Å². The van der Waals surface area contributed by atoms with Crippen molar-refractivity contribution >= 4 is 5.84 Å². The van der Waals surface area contributed by atoms with Gasteiger partial charge in [-0.05, 0) is 5.56 Å². The number of likely N-dealkylation sites (N-methyl/N-ethyl adjacent to an activating group) is 1. The molecule has 4 nitrogen and oxygen atoms in total. The summed E-state index contributed by atoms with van der Waals surface area (Å²) >= 11 is 0. The Morgan fingerprint density at radius 3 is 2.43 bits per heavy atom. The van der Waals surface area contributed by atoms with E-state index in [1.807, 2.05) is 30.3 Å². The number of hydroxylamine groups is 2. The van der Waals surface area contributed by atoms with Crippen LogP contribution in [0.5, 0.6) is 0 Å². The zero-order chi connectivity index (χ0) is 10.6. The van der Waals surface area contributed by atoms with Crippen LogP contribution in [0.4, 0.5) is 0 Å². The van der Waals surface area contributed by atoms with Crippen molar-refractivity contribution in [3.05, 3.63) is 35.9 Å². The van der Waals surface area contributed by atoms with Crippen molar-refractivity contribution in [1.29, 1.82) is 5.41 Å². The highest BCUT2D eigenvalue weighted by Crippen LogP contribution is 2.17. The van der Waals surface area contributed by atoms with E-state index in [-0.39, 0.29) is 5.84 Å². The molecule has 1 rings (SSSR count). The van der Waals surface area contributed by atoms with E-state index in [1.165, 1.54) is 14.2 Å². The molecule has 0 heterocycles. The first-order valence-electron chi connectivity index (χ1n) is 4.25. The summed E-state index contributed by atoms with van der Waals surface area (Å²) in [4.78, 5) is 0. The molecule has 0 aliphatic carbocycles. The van der Waals surface area contributed by atoms with Crippen LogP contribution in [0.1, 0.15) is 11.7 Å². The van der Waals surface area contributed by atoms with E-state index in [0.717, 1.165) is 10.6 Å². The Bertz CT molecular complexity index is 298. The molecule has 1 unspecified atom stereocenters. The predicted octanol–water partition coefficient (Wildman–Crippen LogP) is 1.67. The smallest absolute Gasteiger partial charge is 0.154 e. The Morgan fingerprint density at radius 1 is 1.43 bits per heavy atom. The van der Waals surface area contributed by atoms with E-state index < -0.39 is 6.10 Å². The van der Waals surface area contributed by atoms with Crippen LogP contribution in [0.3, 0.4) is 0 Å². The fraction of sp³-hybridized carbons (Fsp3) is 0.300. The zero-order valence-corrected chi connectivity index (χ0v) is 8.27. The van der Waals surface area contributed by atoms with E-state index in [1.54, 1.807) is 0 Å². The summed E-state index contributed by atoms with van der Waals surface area (Å²) in [7, 11) is 2.91. The number of methoxy groups -OCH3 is 1. The van der Waals surface area contributed by atoms with Crippen molar-refractivity contribution in [1.82, 2.24) is 5.06 Å². The lowest BCUT2D eigenvalue weighted by atomic mass is 10.1. The van der Waals surface area contributed by atoms with Crippen molar-refractivity contribution < 1.29 is 9.94 Å². The van der Waals surface area contributed by atoms with Gasteiger partial charge in [0.25, 0.3) is 0 Å². The van der Waals surface area contributed by atoms with Gasteiger partial charge in [-0.15, -0.1) is 0 Å². The second-order valence-electron chi connectivity index (χ2n) is 2.94. The highest BCUT2D eigenvalue weighted by Gasteiger charge is 2.18. The first kappa shape index (κ1) is 10.7. The van der Waals surface area contributed by atoms with Gasteiger partial charge in [0.15, 0.2) is 5.84 Å². The summed E-state index contributed by atoms with van der Waals surface area (Å²) < 4.78 is 5.13. The molecule has 76 valence electrons. The van der Waals surface area contributed by atoms with Gasteiger partial charge >= 0.3 is 0 Å². The summed E-state index contributed by atoms with van der Waals surface area (Å²) in [5.41, 5.74) is 0.848. The quantitative estimate of drug-likeness (QED) is 0.437. The van der Waals surface area contributed by atoms with E-state index >= 15 is 0 Å². The fourth-order valence-corrected chi connectivity index (χ4v) is 1.20. The van der Waals surface area contributed by atoms with Crippen LogP contribution in [0.15, 0.2) is 30.3 Å². The molecule has 2 N–H and O–H groups in total. The number of amidine groups is 1. The molecule has 0 spiro atoms. The van der Waals surface area contributed by atoms with Crippen LogP contribution in [0.2, 0.25) is 0 Å². The van der Waals surface area contributed by atoms with Crippen molar-refractivity contribution in [2.45, 2.75) is 6.10 Å². The number of hydrogen-bond acceptors (Lipinski definition) is 3. The molecule has 14 heavy (non-hydrogen) atoms. The first-order valence-corrected chi connectivity index (χ1v) is 4.25. The van der Waals surface area contributed by atoms with Crippen LogP contribution < -0.4 is 0 Å². The molecule has 0 fully saturated rings. The van der Waals surface area contributed by atoms with Crippen LogP contribution in [-0.4, -0.2) is 30.3 Å². The third kappa shape index (κ3) is 2.31. The molecule has 0 radical (unpaired) electrons. The normalized spacial score (nSPS) is 12.2. The maximum atomic E-state index is 9.11. The Morgan fingerprint density at radius 2 is 2.00 bits per heavy atom. The topological polar surface area (TPSA) is 56.5 Å². The third-order valence-corrected chi connectivity index (χ3v) is 1.94. The van der Waals surface area contributed by atoms with Gasteiger partial charge in [0.2, 0.25) is 0 Å².